The van der Waals surface area contributed by atoms with Gasteiger partial charge in [-0.15, -0.1) is 0 Å². The first kappa shape index (κ1) is 10.8. The summed E-state index contributed by atoms with van der Waals surface area (Å²) in [5.74, 6) is 0.250. The maximum absolute atomic E-state index is 12.5. The maximum Gasteiger partial charge on any atom is 0.159 e. The van der Waals surface area contributed by atoms with Gasteiger partial charge in [-0.25, -0.2) is 14.4 Å². The second kappa shape index (κ2) is 5.47. The highest BCUT2D eigenvalue weighted by atomic mass is 19.1. The van der Waals surface area contributed by atoms with Gasteiger partial charge in [0.15, 0.2) is 5.82 Å². The monoisotopic (exact) mass is 194 g/mol. The highest BCUT2D eigenvalue weighted by Gasteiger charge is 2.00. The highest BCUT2D eigenvalue weighted by molar-refractivity contribution is 5.05. The molecule has 0 N–H and O–H groups in total. The summed E-state index contributed by atoms with van der Waals surface area (Å²) in [6.45, 7) is 6.08. The minimum atomic E-state index is -0.395. The van der Waals surface area contributed by atoms with E-state index in [1.807, 2.05) is 0 Å². The molecule has 0 spiro atoms. The topological polar surface area (TPSA) is 25.8 Å². The van der Waals surface area contributed by atoms with Crippen LogP contribution in [0.25, 0.3) is 0 Å². The van der Waals surface area contributed by atoms with Gasteiger partial charge in [0.1, 0.15) is 5.82 Å². The molecule has 3 heteroatoms. The molecule has 2 nitrogen and oxygen atoms in total. The molecule has 0 fully saturated rings. The zero-order chi connectivity index (χ0) is 10.4. The van der Waals surface area contributed by atoms with Gasteiger partial charge in [0.2, 0.25) is 0 Å². The van der Waals surface area contributed by atoms with E-state index in [1.165, 1.54) is 12.4 Å². The average molecular weight is 194 g/mol. The van der Waals surface area contributed by atoms with E-state index in [9.17, 15) is 4.39 Å². The Labute approximate surface area is 83.9 Å². The molecule has 0 atom stereocenters. The first-order chi connectivity index (χ1) is 6.72. The number of hydrogen-bond donors (Lipinski definition) is 0. The first-order valence-electron chi connectivity index (χ1n) is 4.85. The zero-order valence-electron chi connectivity index (χ0n) is 8.46. The molecule has 0 saturated carbocycles. The van der Waals surface area contributed by atoms with Crippen molar-refractivity contribution in [2.24, 2.45) is 0 Å². The van der Waals surface area contributed by atoms with Crippen LogP contribution < -0.4 is 0 Å². The lowest BCUT2D eigenvalue weighted by atomic mass is 10.1. The van der Waals surface area contributed by atoms with Gasteiger partial charge >= 0.3 is 0 Å². The van der Waals surface area contributed by atoms with Gasteiger partial charge in [0.25, 0.3) is 0 Å². The standard InChI is InChI=1S/C11H15FN2/c1-3-4-5-9(2)6-11-13-7-10(12)8-14-11/h7-8H,2-6H2,1H3. The summed E-state index contributed by atoms with van der Waals surface area (Å²) in [5, 5.41) is 0. The normalized spacial score (nSPS) is 10.1. The van der Waals surface area contributed by atoms with Crippen molar-refractivity contribution in [3.8, 4) is 0 Å². The lowest BCUT2D eigenvalue weighted by molar-refractivity contribution is 0.608. The van der Waals surface area contributed by atoms with Gasteiger partial charge < -0.3 is 0 Å². The summed E-state index contributed by atoms with van der Waals surface area (Å²) >= 11 is 0. The van der Waals surface area contributed by atoms with Gasteiger partial charge in [-0.05, 0) is 12.8 Å². The van der Waals surface area contributed by atoms with Crippen molar-refractivity contribution in [3.63, 3.8) is 0 Å². The van der Waals surface area contributed by atoms with Crippen LogP contribution in [-0.4, -0.2) is 9.97 Å². The van der Waals surface area contributed by atoms with Crippen molar-refractivity contribution < 1.29 is 4.39 Å². The molecule has 0 amide bonds. The predicted octanol–water partition coefficient (Wildman–Crippen LogP) is 2.90. The largest absolute Gasteiger partial charge is 0.238 e. The van der Waals surface area contributed by atoms with Crippen LogP contribution in [0.15, 0.2) is 24.5 Å². The Bertz CT molecular complexity index is 293. The summed E-state index contributed by atoms with van der Waals surface area (Å²) in [6, 6.07) is 0. The Morgan fingerprint density at radius 2 is 2.07 bits per heavy atom. The molecular weight excluding hydrogens is 179 g/mol. The number of nitrogens with zero attached hydrogens (tertiary/aromatic N) is 2. The van der Waals surface area contributed by atoms with E-state index in [0.29, 0.717) is 12.2 Å². The molecule has 0 aromatic carbocycles. The SMILES string of the molecule is C=C(CCCC)Cc1ncc(F)cn1. The summed E-state index contributed by atoms with van der Waals surface area (Å²) in [7, 11) is 0. The fraction of sp³-hybridized carbons (Fsp3) is 0.455. The van der Waals surface area contributed by atoms with E-state index in [-0.39, 0.29) is 0 Å². The van der Waals surface area contributed by atoms with Crippen LogP contribution in [0.4, 0.5) is 4.39 Å². The number of halogens is 1. The van der Waals surface area contributed by atoms with Crippen LogP contribution in [0.2, 0.25) is 0 Å². The summed E-state index contributed by atoms with van der Waals surface area (Å²) < 4.78 is 12.5. The molecule has 0 radical (unpaired) electrons. The van der Waals surface area contributed by atoms with Crippen LogP contribution in [0.5, 0.6) is 0 Å². The number of rotatable bonds is 5. The van der Waals surface area contributed by atoms with Gasteiger partial charge in [0, 0.05) is 6.42 Å². The van der Waals surface area contributed by atoms with E-state index < -0.39 is 5.82 Å². The third-order valence-electron chi connectivity index (χ3n) is 1.97. The van der Waals surface area contributed by atoms with Crippen LogP contribution in [0.1, 0.15) is 32.0 Å². The molecule has 76 valence electrons. The van der Waals surface area contributed by atoms with E-state index in [4.69, 9.17) is 0 Å². The maximum atomic E-state index is 12.5. The van der Waals surface area contributed by atoms with Gasteiger partial charge in [-0.1, -0.05) is 25.5 Å². The Morgan fingerprint density at radius 3 is 2.64 bits per heavy atom. The fourth-order valence-electron chi connectivity index (χ4n) is 1.17. The number of allylic oxidation sites excluding steroid dienone is 1. The second-order valence-corrected chi connectivity index (χ2v) is 3.35. The van der Waals surface area contributed by atoms with Crippen molar-refractivity contribution in [3.05, 3.63) is 36.2 Å². The molecular formula is C11H15FN2. The summed E-state index contributed by atoms with van der Waals surface area (Å²) in [5.41, 5.74) is 1.11. The third kappa shape index (κ3) is 3.64. The van der Waals surface area contributed by atoms with Crippen LogP contribution in [-0.2, 0) is 6.42 Å². The molecule has 0 unspecified atom stereocenters. The van der Waals surface area contributed by atoms with Crippen molar-refractivity contribution >= 4 is 0 Å². The molecule has 14 heavy (non-hydrogen) atoms. The Morgan fingerprint density at radius 1 is 1.43 bits per heavy atom. The molecule has 0 aliphatic rings. The Kier molecular flexibility index (Phi) is 4.23. The van der Waals surface area contributed by atoms with Crippen molar-refractivity contribution in [2.75, 3.05) is 0 Å². The van der Waals surface area contributed by atoms with Crippen LogP contribution in [0.3, 0.4) is 0 Å². The van der Waals surface area contributed by atoms with Gasteiger partial charge in [0.05, 0.1) is 12.4 Å². The Hall–Kier alpha value is -1.25. The number of unbranched alkanes of at least 4 members (excludes halogenated alkanes) is 1. The molecule has 1 heterocycles. The minimum Gasteiger partial charge on any atom is -0.238 e. The van der Waals surface area contributed by atoms with Crippen molar-refractivity contribution in [1.82, 2.24) is 9.97 Å². The fourth-order valence-corrected chi connectivity index (χ4v) is 1.17. The van der Waals surface area contributed by atoms with Gasteiger partial charge in [-0.3, -0.25) is 0 Å². The van der Waals surface area contributed by atoms with E-state index in [2.05, 4.69) is 23.5 Å². The Balaban J connectivity index is 2.44. The molecule has 1 rings (SSSR count). The quantitative estimate of drug-likeness (QED) is 0.673. The molecule has 0 aliphatic heterocycles. The predicted molar refractivity (Wildman–Crippen MR) is 54.4 cm³/mol. The second-order valence-electron chi connectivity index (χ2n) is 3.35. The molecule has 1 aromatic rings. The van der Waals surface area contributed by atoms with Crippen molar-refractivity contribution in [2.45, 2.75) is 32.6 Å². The van der Waals surface area contributed by atoms with Crippen molar-refractivity contribution in [1.29, 1.82) is 0 Å². The highest BCUT2D eigenvalue weighted by Crippen LogP contribution is 2.09. The van der Waals surface area contributed by atoms with E-state index in [1.54, 1.807) is 0 Å². The molecule has 0 saturated heterocycles. The van der Waals surface area contributed by atoms with Crippen LogP contribution in [0, 0.1) is 5.82 Å². The summed E-state index contributed by atoms with van der Waals surface area (Å²) in [6.07, 6.45) is 6.33. The number of hydrogen-bond acceptors (Lipinski definition) is 2. The van der Waals surface area contributed by atoms with E-state index >= 15 is 0 Å². The molecule has 1 aromatic heterocycles. The average Bonchev–Trinajstić information content (AvgIpc) is 2.18. The lowest BCUT2D eigenvalue weighted by Gasteiger charge is -2.02. The first-order valence-corrected chi connectivity index (χ1v) is 4.85. The van der Waals surface area contributed by atoms with Crippen LogP contribution >= 0.6 is 0 Å². The third-order valence-corrected chi connectivity index (χ3v) is 1.97. The molecule has 0 bridgehead atoms. The lowest BCUT2D eigenvalue weighted by Crippen LogP contribution is -1.97. The van der Waals surface area contributed by atoms with E-state index in [0.717, 1.165) is 24.8 Å². The smallest absolute Gasteiger partial charge is 0.159 e. The zero-order valence-corrected chi connectivity index (χ0v) is 8.46. The summed E-state index contributed by atoms with van der Waals surface area (Å²) in [4.78, 5) is 7.76. The molecule has 0 aliphatic carbocycles. The number of aromatic nitrogens is 2. The van der Waals surface area contributed by atoms with Gasteiger partial charge in [-0.2, -0.15) is 0 Å². The minimum absolute atomic E-state index is 0.395.